The van der Waals surface area contributed by atoms with Crippen LogP contribution in [0.3, 0.4) is 0 Å². The van der Waals surface area contributed by atoms with Gasteiger partial charge in [0.2, 0.25) is 5.91 Å². The number of amides is 2. The average molecular weight is 420 g/mol. The van der Waals surface area contributed by atoms with E-state index in [1.807, 2.05) is 31.2 Å². The number of fused-ring (bicyclic) bond motifs is 1. The Bertz CT molecular complexity index is 877. The third-order valence-electron chi connectivity index (χ3n) is 5.09. The number of carbonyl (C=O) groups excluding carboxylic acids is 2. The van der Waals surface area contributed by atoms with Crippen LogP contribution in [0, 0.1) is 0 Å². The number of ether oxygens (including phenoxy) is 1. The zero-order valence-electron chi connectivity index (χ0n) is 15.5. The number of anilines is 1. The van der Waals surface area contributed by atoms with Gasteiger partial charge in [0.25, 0.3) is 5.91 Å². The van der Waals surface area contributed by atoms with E-state index in [4.69, 9.17) is 16.3 Å². The van der Waals surface area contributed by atoms with E-state index in [-0.39, 0.29) is 17.7 Å². The molecule has 0 aliphatic carbocycles. The Morgan fingerprint density at radius 3 is 2.71 bits per heavy atom. The van der Waals surface area contributed by atoms with Gasteiger partial charge in [0.1, 0.15) is 6.04 Å². The highest BCUT2D eigenvalue weighted by Crippen LogP contribution is 2.42. The van der Waals surface area contributed by atoms with Gasteiger partial charge < -0.3 is 20.3 Å². The van der Waals surface area contributed by atoms with E-state index in [1.165, 1.54) is 11.3 Å². The van der Waals surface area contributed by atoms with Crippen molar-refractivity contribution in [2.75, 3.05) is 37.7 Å². The molecule has 2 aliphatic heterocycles. The van der Waals surface area contributed by atoms with Crippen LogP contribution in [-0.2, 0) is 9.53 Å². The van der Waals surface area contributed by atoms with Gasteiger partial charge in [0.15, 0.2) is 0 Å². The standard InChI is InChI=1S/C20H22ClN3O3S/c1-2-22-19(25)17-16(12-3-5-13(21)6-4-12)14-11-15(24-7-9-27-10-8-24)28-18(14)20(26)23-17/h3-6,11,16-17H,2,7-10H2,1H3,(H,22,25)(H,23,26)/t16-,17-/m1/s1. The lowest BCUT2D eigenvalue weighted by Gasteiger charge is -2.31. The lowest BCUT2D eigenvalue weighted by atomic mass is 9.82. The summed E-state index contributed by atoms with van der Waals surface area (Å²) in [7, 11) is 0. The maximum absolute atomic E-state index is 12.8. The van der Waals surface area contributed by atoms with E-state index in [9.17, 15) is 9.59 Å². The fourth-order valence-corrected chi connectivity index (χ4v) is 5.04. The van der Waals surface area contributed by atoms with Gasteiger partial charge in [-0.1, -0.05) is 23.7 Å². The molecule has 148 valence electrons. The molecular weight excluding hydrogens is 398 g/mol. The molecule has 1 fully saturated rings. The van der Waals surface area contributed by atoms with Crippen LogP contribution in [0.25, 0.3) is 0 Å². The molecule has 2 atom stereocenters. The van der Waals surface area contributed by atoms with Gasteiger partial charge in [-0.2, -0.15) is 0 Å². The summed E-state index contributed by atoms with van der Waals surface area (Å²) >= 11 is 7.54. The second-order valence-electron chi connectivity index (χ2n) is 6.84. The maximum Gasteiger partial charge on any atom is 0.262 e. The fraction of sp³-hybridized carbons (Fsp3) is 0.400. The van der Waals surface area contributed by atoms with Gasteiger partial charge in [-0.25, -0.2) is 0 Å². The van der Waals surface area contributed by atoms with Gasteiger partial charge in [0, 0.05) is 30.6 Å². The number of hydrogen-bond acceptors (Lipinski definition) is 5. The monoisotopic (exact) mass is 419 g/mol. The summed E-state index contributed by atoms with van der Waals surface area (Å²) in [6.45, 7) is 5.33. The first-order valence-corrected chi connectivity index (χ1v) is 10.6. The van der Waals surface area contributed by atoms with Crippen LogP contribution in [0.2, 0.25) is 5.02 Å². The first kappa shape index (κ1) is 19.2. The van der Waals surface area contributed by atoms with E-state index in [0.29, 0.717) is 29.7 Å². The molecule has 2 aliphatic rings. The van der Waals surface area contributed by atoms with E-state index in [0.717, 1.165) is 29.2 Å². The van der Waals surface area contributed by atoms with E-state index < -0.39 is 6.04 Å². The molecule has 6 nitrogen and oxygen atoms in total. The number of likely N-dealkylation sites (N-methyl/N-ethyl adjacent to an activating group) is 1. The minimum absolute atomic E-state index is 0.180. The Labute approximate surface area is 172 Å². The SMILES string of the molecule is CCNC(=O)[C@@H]1NC(=O)c2sc(N3CCOCC3)cc2[C@H]1c1ccc(Cl)cc1. The number of hydrogen-bond donors (Lipinski definition) is 2. The third kappa shape index (κ3) is 3.62. The highest BCUT2D eigenvalue weighted by Gasteiger charge is 2.40. The number of morpholine rings is 1. The van der Waals surface area contributed by atoms with E-state index in [2.05, 4.69) is 21.6 Å². The third-order valence-corrected chi connectivity index (χ3v) is 6.56. The molecule has 4 rings (SSSR count). The summed E-state index contributed by atoms with van der Waals surface area (Å²) in [5.74, 6) is -0.635. The minimum atomic E-state index is -0.659. The lowest BCUT2D eigenvalue weighted by Crippen LogP contribution is -2.53. The molecule has 0 bridgehead atoms. The van der Waals surface area contributed by atoms with Crippen molar-refractivity contribution in [1.82, 2.24) is 10.6 Å². The van der Waals surface area contributed by atoms with Crippen molar-refractivity contribution in [3.8, 4) is 0 Å². The number of thiophene rings is 1. The summed E-state index contributed by atoms with van der Waals surface area (Å²) in [6.07, 6.45) is 0. The van der Waals surface area contributed by atoms with Gasteiger partial charge in [0.05, 0.1) is 23.1 Å². The Morgan fingerprint density at radius 2 is 2.04 bits per heavy atom. The van der Waals surface area contributed by atoms with Crippen LogP contribution in [0.5, 0.6) is 0 Å². The van der Waals surface area contributed by atoms with Gasteiger partial charge in [-0.05, 0) is 36.2 Å². The minimum Gasteiger partial charge on any atom is -0.378 e. The van der Waals surface area contributed by atoms with Crippen molar-refractivity contribution in [3.05, 3.63) is 51.4 Å². The molecule has 8 heteroatoms. The number of nitrogens with zero attached hydrogens (tertiary/aromatic N) is 1. The second kappa shape index (κ2) is 8.11. The van der Waals surface area contributed by atoms with Crippen LogP contribution in [0.1, 0.15) is 33.6 Å². The number of carbonyl (C=O) groups is 2. The van der Waals surface area contributed by atoms with Crippen LogP contribution in [-0.4, -0.2) is 50.7 Å². The lowest BCUT2D eigenvalue weighted by molar-refractivity contribution is -0.123. The van der Waals surface area contributed by atoms with Crippen molar-refractivity contribution in [1.29, 1.82) is 0 Å². The molecule has 2 aromatic rings. The smallest absolute Gasteiger partial charge is 0.262 e. The maximum atomic E-state index is 12.8. The van der Waals surface area contributed by atoms with Crippen molar-refractivity contribution >= 4 is 39.8 Å². The van der Waals surface area contributed by atoms with E-state index >= 15 is 0 Å². The fourth-order valence-electron chi connectivity index (χ4n) is 3.75. The van der Waals surface area contributed by atoms with Crippen LogP contribution in [0.15, 0.2) is 30.3 Å². The molecule has 0 spiro atoms. The van der Waals surface area contributed by atoms with Crippen LogP contribution < -0.4 is 15.5 Å². The Balaban J connectivity index is 1.77. The van der Waals surface area contributed by atoms with Crippen molar-refractivity contribution < 1.29 is 14.3 Å². The zero-order valence-corrected chi connectivity index (χ0v) is 17.1. The molecular formula is C20H22ClN3O3S. The molecule has 0 unspecified atom stereocenters. The normalized spacial score (nSPS) is 21.8. The molecule has 0 saturated carbocycles. The Hall–Kier alpha value is -2.09. The van der Waals surface area contributed by atoms with Crippen molar-refractivity contribution in [3.63, 3.8) is 0 Å². The zero-order chi connectivity index (χ0) is 19.7. The number of benzene rings is 1. The van der Waals surface area contributed by atoms with E-state index in [1.54, 1.807) is 0 Å². The molecule has 2 N–H and O–H groups in total. The summed E-state index contributed by atoms with van der Waals surface area (Å²) in [4.78, 5) is 28.4. The Kier molecular flexibility index (Phi) is 5.57. The van der Waals surface area contributed by atoms with Gasteiger partial charge in [-0.3, -0.25) is 9.59 Å². The second-order valence-corrected chi connectivity index (χ2v) is 8.31. The molecule has 3 heterocycles. The van der Waals surface area contributed by atoms with Crippen molar-refractivity contribution in [2.24, 2.45) is 0 Å². The summed E-state index contributed by atoms with van der Waals surface area (Å²) in [5.41, 5.74) is 1.85. The quantitative estimate of drug-likeness (QED) is 0.799. The highest BCUT2D eigenvalue weighted by atomic mass is 35.5. The highest BCUT2D eigenvalue weighted by molar-refractivity contribution is 7.18. The van der Waals surface area contributed by atoms with Crippen molar-refractivity contribution in [2.45, 2.75) is 18.9 Å². The van der Waals surface area contributed by atoms with Crippen LogP contribution in [0.4, 0.5) is 5.00 Å². The Morgan fingerprint density at radius 1 is 1.32 bits per heavy atom. The predicted molar refractivity (Wildman–Crippen MR) is 111 cm³/mol. The van der Waals surface area contributed by atoms with Gasteiger partial charge in [-0.15, -0.1) is 11.3 Å². The molecule has 1 aromatic heterocycles. The number of nitrogens with one attached hydrogen (secondary N) is 2. The van der Waals surface area contributed by atoms with Crippen LogP contribution >= 0.6 is 22.9 Å². The molecule has 28 heavy (non-hydrogen) atoms. The number of halogens is 1. The molecule has 2 amide bonds. The summed E-state index contributed by atoms with van der Waals surface area (Å²) < 4.78 is 5.44. The summed E-state index contributed by atoms with van der Waals surface area (Å²) in [5, 5.41) is 7.44. The largest absolute Gasteiger partial charge is 0.378 e. The average Bonchev–Trinajstić information content (AvgIpc) is 3.16. The molecule has 0 radical (unpaired) electrons. The molecule has 1 aromatic carbocycles. The number of rotatable bonds is 4. The van der Waals surface area contributed by atoms with Gasteiger partial charge >= 0.3 is 0 Å². The molecule has 1 saturated heterocycles. The predicted octanol–water partition coefficient (Wildman–Crippen LogP) is 2.62. The topological polar surface area (TPSA) is 70.7 Å². The first-order chi connectivity index (χ1) is 13.6. The first-order valence-electron chi connectivity index (χ1n) is 9.39. The summed E-state index contributed by atoms with van der Waals surface area (Å²) in [6, 6.07) is 8.89.